The highest BCUT2D eigenvalue weighted by molar-refractivity contribution is 5.91. The zero-order valence-electron chi connectivity index (χ0n) is 10.6. The highest BCUT2D eigenvalue weighted by atomic mass is 16.2. The highest BCUT2D eigenvalue weighted by Crippen LogP contribution is 2.16. The molecule has 2 unspecified atom stereocenters. The summed E-state index contributed by atoms with van der Waals surface area (Å²) in [5.74, 6) is 0.0417. The molecule has 4 nitrogen and oxygen atoms in total. The average molecular weight is 245 g/mol. The average Bonchev–Trinajstić information content (AvgIpc) is 2.37. The number of carbonyl (C=O) groups is 1. The molecule has 2 atom stereocenters. The fourth-order valence-electron chi connectivity index (χ4n) is 2.26. The van der Waals surface area contributed by atoms with Crippen molar-refractivity contribution >= 4 is 12.0 Å². The van der Waals surface area contributed by atoms with Crippen molar-refractivity contribution in [1.82, 2.24) is 9.88 Å². The Morgan fingerprint density at radius 3 is 3.06 bits per heavy atom. The number of amides is 1. The topological polar surface area (TPSA) is 59.2 Å². The molecule has 0 aliphatic carbocycles. The number of hydrogen-bond acceptors (Lipinski definition) is 3. The van der Waals surface area contributed by atoms with Crippen LogP contribution < -0.4 is 5.73 Å². The number of rotatable bonds is 2. The first-order valence-corrected chi connectivity index (χ1v) is 6.32. The largest absolute Gasteiger partial charge is 0.336 e. The van der Waals surface area contributed by atoms with Crippen molar-refractivity contribution in [1.29, 1.82) is 0 Å². The standard InChI is InChI=1S/C14H19N3O/c1-11-10-12(15)7-9-17(11)14(18)6-5-13-4-2-3-8-16-13/h2-6,8,11-12H,7,9-10,15H2,1H3. The van der Waals surface area contributed by atoms with Crippen molar-refractivity contribution in [2.45, 2.75) is 31.8 Å². The lowest BCUT2D eigenvalue weighted by molar-refractivity contribution is -0.129. The second-order valence-electron chi connectivity index (χ2n) is 4.75. The summed E-state index contributed by atoms with van der Waals surface area (Å²) in [4.78, 5) is 18.1. The van der Waals surface area contributed by atoms with E-state index in [0.29, 0.717) is 0 Å². The van der Waals surface area contributed by atoms with Crippen LogP contribution >= 0.6 is 0 Å². The second kappa shape index (κ2) is 5.78. The second-order valence-corrected chi connectivity index (χ2v) is 4.75. The van der Waals surface area contributed by atoms with E-state index in [1.807, 2.05) is 30.0 Å². The lowest BCUT2D eigenvalue weighted by Crippen LogP contribution is -2.47. The number of aromatic nitrogens is 1. The quantitative estimate of drug-likeness (QED) is 0.802. The third-order valence-corrected chi connectivity index (χ3v) is 3.28. The Hall–Kier alpha value is -1.68. The van der Waals surface area contributed by atoms with Crippen LogP contribution in [0.2, 0.25) is 0 Å². The van der Waals surface area contributed by atoms with Crippen molar-refractivity contribution in [3.8, 4) is 0 Å². The molecule has 18 heavy (non-hydrogen) atoms. The molecule has 0 aromatic carbocycles. The summed E-state index contributed by atoms with van der Waals surface area (Å²) in [6.45, 7) is 2.79. The molecule has 1 aromatic heterocycles. The van der Waals surface area contributed by atoms with Crippen LogP contribution in [-0.2, 0) is 4.79 Å². The van der Waals surface area contributed by atoms with Crippen LogP contribution in [0.4, 0.5) is 0 Å². The van der Waals surface area contributed by atoms with Crippen molar-refractivity contribution in [2.24, 2.45) is 5.73 Å². The normalized spacial score (nSPS) is 24.4. The zero-order chi connectivity index (χ0) is 13.0. The van der Waals surface area contributed by atoms with E-state index in [0.717, 1.165) is 25.1 Å². The summed E-state index contributed by atoms with van der Waals surface area (Å²) < 4.78 is 0. The Labute approximate surface area is 108 Å². The van der Waals surface area contributed by atoms with E-state index in [1.165, 1.54) is 0 Å². The van der Waals surface area contributed by atoms with E-state index in [-0.39, 0.29) is 18.0 Å². The fraction of sp³-hybridized carbons (Fsp3) is 0.429. The number of nitrogens with zero attached hydrogens (tertiary/aromatic N) is 2. The Morgan fingerprint density at radius 2 is 2.39 bits per heavy atom. The van der Waals surface area contributed by atoms with Crippen molar-refractivity contribution in [2.75, 3.05) is 6.54 Å². The minimum absolute atomic E-state index is 0.0417. The van der Waals surface area contributed by atoms with Gasteiger partial charge in [0.2, 0.25) is 5.91 Å². The zero-order valence-corrected chi connectivity index (χ0v) is 10.6. The van der Waals surface area contributed by atoms with Gasteiger partial charge in [-0.15, -0.1) is 0 Å². The molecule has 1 aliphatic heterocycles. The summed E-state index contributed by atoms with van der Waals surface area (Å²) >= 11 is 0. The maximum Gasteiger partial charge on any atom is 0.246 e. The first-order valence-electron chi connectivity index (χ1n) is 6.32. The summed E-state index contributed by atoms with van der Waals surface area (Å²) in [6.07, 6.45) is 6.82. The van der Waals surface area contributed by atoms with Crippen molar-refractivity contribution in [3.05, 3.63) is 36.2 Å². The Morgan fingerprint density at radius 1 is 1.56 bits per heavy atom. The van der Waals surface area contributed by atoms with Gasteiger partial charge in [0.05, 0.1) is 5.69 Å². The number of carbonyl (C=O) groups excluding carboxylic acids is 1. The summed E-state index contributed by atoms with van der Waals surface area (Å²) in [5.41, 5.74) is 6.68. The minimum atomic E-state index is 0.0417. The molecule has 1 aliphatic rings. The Balaban J connectivity index is 1.98. The maximum absolute atomic E-state index is 12.1. The van der Waals surface area contributed by atoms with Crippen LogP contribution in [0, 0.1) is 0 Å². The van der Waals surface area contributed by atoms with Gasteiger partial charge in [0.1, 0.15) is 0 Å². The molecule has 0 saturated carbocycles. The predicted molar refractivity (Wildman–Crippen MR) is 71.7 cm³/mol. The number of nitrogens with two attached hydrogens (primary N) is 1. The summed E-state index contributed by atoms with van der Waals surface area (Å²) in [5, 5.41) is 0. The van der Waals surface area contributed by atoms with Gasteiger partial charge < -0.3 is 10.6 Å². The van der Waals surface area contributed by atoms with Gasteiger partial charge >= 0.3 is 0 Å². The van der Waals surface area contributed by atoms with Crippen LogP contribution in [0.1, 0.15) is 25.5 Å². The SMILES string of the molecule is CC1CC(N)CCN1C(=O)C=Cc1ccccn1. The third kappa shape index (κ3) is 3.17. The van der Waals surface area contributed by atoms with Gasteiger partial charge in [0, 0.05) is 30.9 Å². The summed E-state index contributed by atoms with van der Waals surface area (Å²) in [6, 6.07) is 6.07. The van der Waals surface area contributed by atoms with Gasteiger partial charge in [-0.25, -0.2) is 0 Å². The monoisotopic (exact) mass is 245 g/mol. The maximum atomic E-state index is 12.1. The molecule has 1 fully saturated rings. The molecule has 0 spiro atoms. The number of hydrogen-bond donors (Lipinski definition) is 1. The van der Waals surface area contributed by atoms with Crippen molar-refractivity contribution in [3.63, 3.8) is 0 Å². The van der Waals surface area contributed by atoms with Gasteiger partial charge in [0.15, 0.2) is 0 Å². The lowest BCUT2D eigenvalue weighted by atomic mass is 9.99. The molecule has 1 aromatic rings. The smallest absolute Gasteiger partial charge is 0.246 e. The first-order chi connectivity index (χ1) is 8.66. The fourth-order valence-corrected chi connectivity index (χ4v) is 2.26. The van der Waals surface area contributed by atoms with E-state index in [2.05, 4.69) is 4.98 Å². The predicted octanol–water partition coefficient (Wildman–Crippen LogP) is 1.43. The van der Waals surface area contributed by atoms with E-state index in [9.17, 15) is 4.79 Å². The van der Waals surface area contributed by atoms with Gasteiger partial charge in [-0.2, -0.15) is 0 Å². The van der Waals surface area contributed by atoms with E-state index in [1.54, 1.807) is 18.3 Å². The molecule has 1 saturated heterocycles. The molecular formula is C14H19N3O. The van der Waals surface area contributed by atoms with Crippen LogP contribution in [0.15, 0.2) is 30.5 Å². The van der Waals surface area contributed by atoms with Crippen molar-refractivity contribution < 1.29 is 4.79 Å². The lowest BCUT2D eigenvalue weighted by Gasteiger charge is -2.35. The minimum Gasteiger partial charge on any atom is -0.336 e. The van der Waals surface area contributed by atoms with E-state index >= 15 is 0 Å². The first kappa shape index (κ1) is 12.8. The molecule has 0 bridgehead atoms. The molecule has 2 N–H and O–H groups in total. The molecule has 4 heteroatoms. The Bertz CT molecular complexity index is 430. The third-order valence-electron chi connectivity index (χ3n) is 3.28. The summed E-state index contributed by atoms with van der Waals surface area (Å²) in [7, 11) is 0. The molecule has 1 amide bonds. The van der Waals surface area contributed by atoms with Gasteiger partial charge in [-0.1, -0.05) is 6.07 Å². The van der Waals surface area contributed by atoms with Gasteiger partial charge in [0.25, 0.3) is 0 Å². The molecule has 2 rings (SSSR count). The van der Waals surface area contributed by atoms with E-state index < -0.39 is 0 Å². The number of likely N-dealkylation sites (tertiary alicyclic amines) is 1. The van der Waals surface area contributed by atoms with Crippen LogP contribution in [0.5, 0.6) is 0 Å². The van der Waals surface area contributed by atoms with Crippen LogP contribution in [0.25, 0.3) is 6.08 Å². The molecule has 0 radical (unpaired) electrons. The van der Waals surface area contributed by atoms with Gasteiger partial charge in [-0.05, 0) is 38.0 Å². The number of pyridine rings is 1. The van der Waals surface area contributed by atoms with E-state index in [4.69, 9.17) is 5.73 Å². The molecular weight excluding hydrogens is 226 g/mol. The highest BCUT2D eigenvalue weighted by Gasteiger charge is 2.25. The number of piperidine rings is 1. The van der Waals surface area contributed by atoms with Gasteiger partial charge in [-0.3, -0.25) is 9.78 Å². The van der Waals surface area contributed by atoms with Crippen LogP contribution in [0.3, 0.4) is 0 Å². The Kier molecular flexibility index (Phi) is 4.10. The van der Waals surface area contributed by atoms with Crippen LogP contribution in [-0.4, -0.2) is 34.4 Å². The molecule has 96 valence electrons. The molecule has 2 heterocycles.